The molecule has 0 aliphatic rings. The van der Waals surface area contributed by atoms with Crippen molar-refractivity contribution in [3.63, 3.8) is 0 Å². The minimum absolute atomic E-state index is 0. The molecule has 4 N–H and O–H groups in total. The Kier molecular flexibility index (Phi) is 6.93. The fourth-order valence-electron chi connectivity index (χ4n) is 0.818. The molecule has 0 amide bonds. The molecule has 0 radical (unpaired) electrons. The van der Waals surface area contributed by atoms with Gasteiger partial charge in [-0.25, -0.2) is 0 Å². The van der Waals surface area contributed by atoms with Crippen LogP contribution in [-0.4, -0.2) is 43.0 Å². The second-order valence-electron chi connectivity index (χ2n) is 4.84. The minimum atomic E-state index is -3.93. The maximum absolute atomic E-state index is 11.6. The van der Waals surface area contributed by atoms with Crippen LogP contribution in [0.15, 0.2) is 0 Å². The summed E-state index contributed by atoms with van der Waals surface area (Å²) in [4.78, 5) is 18.9. The van der Waals surface area contributed by atoms with Gasteiger partial charge in [-0.3, -0.25) is 9.13 Å². The van der Waals surface area contributed by atoms with E-state index in [-0.39, 0.29) is 17.1 Å². The average molecular weight is 330 g/mol. The van der Waals surface area contributed by atoms with E-state index in [2.05, 4.69) is 0 Å². The zero-order valence-corrected chi connectivity index (χ0v) is 13.2. The molecule has 0 aromatic carbocycles. The SMILES string of the molecule is CC(C)(O)P(=O)(O)CCP(=O)(O)C(C)(C)O.[Fe]. The van der Waals surface area contributed by atoms with Crippen LogP contribution in [0.4, 0.5) is 0 Å². The molecule has 0 aromatic heterocycles. The summed E-state index contributed by atoms with van der Waals surface area (Å²) in [7, 11) is -7.86. The van der Waals surface area contributed by atoms with E-state index in [1.54, 1.807) is 0 Å². The maximum Gasteiger partial charge on any atom is 0.231 e. The normalized spacial score (nSPS) is 20.0. The molecule has 106 valence electrons. The van der Waals surface area contributed by atoms with E-state index in [0.717, 1.165) is 0 Å². The number of aliphatic hydroxyl groups is 2. The number of rotatable bonds is 5. The molecule has 0 bridgehead atoms. The largest absolute Gasteiger partial charge is 0.380 e. The van der Waals surface area contributed by atoms with E-state index >= 15 is 0 Å². The fourth-order valence-corrected chi connectivity index (χ4v) is 4.08. The summed E-state index contributed by atoms with van der Waals surface area (Å²) in [5.41, 5.74) is 0. The molecule has 2 atom stereocenters. The predicted octanol–water partition coefficient (Wildman–Crippen LogP) is 0.981. The first-order valence-electron chi connectivity index (χ1n) is 4.79. The van der Waals surface area contributed by atoms with Crippen molar-refractivity contribution >= 4 is 14.7 Å². The Morgan fingerprint density at radius 2 is 1.00 bits per heavy atom. The topological polar surface area (TPSA) is 115 Å². The molecule has 6 nitrogen and oxygen atoms in total. The first-order valence-corrected chi connectivity index (χ1v) is 8.48. The van der Waals surface area contributed by atoms with Crippen LogP contribution in [0.1, 0.15) is 27.7 Å². The Labute approximate surface area is 112 Å². The van der Waals surface area contributed by atoms with Gasteiger partial charge in [0.15, 0.2) is 0 Å². The van der Waals surface area contributed by atoms with Gasteiger partial charge in [0.05, 0.1) is 0 Å². The third-order valence-corrected chi connectivity index (χ3v) is 7.85. The van der Waals surface area contributed by atoms with E-state index < -0.39 is 37.7 Å². The summed E-state index contributed by atoms with van der Waals surface area (Å²) in [6.45, 7) is 4.67. The van der Waals surface area contributed by atoms with Crippen LogP contribution in [0.3, 0.4) is 0 Å². The molecule has 0 aliphatic heterocycles. The van der Waals surface area contributed by atoms with Crippen LogP contribution in [-0.2, 0) is 26.2 Å². The predicted molar refractivity (Wildman–Crippen MR) is 62.0 cm³/mol. The molecular weight excluding hydrogens is 310 g/mol. The Morgan fingerprint density at radius 3 is 1.12 bits per heavy atom. The van der Waals surface area contributed by atoms with Crippen molar-refractivity contribution in [2.24, 2.45) is 0 Å². The summed E-state index contributed by atoms with van der Waals surface area (Å²) < 4.78 is 23.2. The zero-order valence-electron chi connectivity index (χ0n) is 10.3. The molecule has 0 fully saturated rings. The summed E-state index contributed by atoms with van der Waals surface area (Å²) in [6.07, 6.45) is -1.01. The quantitative estimate of drug-likeness (QED) is 0.441. The van der Waals surface area contributed by atoms with Gasteiger partial charge in [0, 0.05) is 29.4 Å². The average Bonchev–Trinajstić information content (AvgIpc) is 1.97. The van der Waals surface area contributed by atoms with Crippen LogP contribution in [0.25, 0.3) is 0 Å². The van der Waals surface area contributed by atoms with E-state index in [1.807, 2.05) is 0 Å². The van der Waals surface area contributed by atoms with Gasteiger partial charge in [0.25, 0.3) is 0 Å². The van der Waals surface area contributed by atoms with Gasteiger partial charge in [-0.1, -0.05) is 0 Å². The summed E-state index contributed by atoms with van der Waals surface area (Å²) in [5.74, 6) is 0. The molecule has 0 saturated heterocycles. The maximum atomic E-state index is 11.6. The monoisotopic (exact) mass is 330 g/mol. The molecule has 0 heterocycles. The number of hydrogen-bond acceptors (Lipinski definition) is 4. The minimum Gasteiger partial charge on any atom is -0.380 e. The van der Waals surface area contributed by atoms with E-state index in [0.29, 0.717) is 0 Å². The van der Waals surface area contributed by atoms with Crippen molar-refractivity contribution in [1.82, 2.24) is 0 Å². The van der Waals surface area contributed by atoms with Crippen LogP contribution in [0.2, 0.25) is 0 Å². The van der Waals surface area contributed by atoms with Crippen molar-refractivity contribution in [3.8, 4) is 0 Å². The van der Waals surface area contributed by atoms with Gasteiger partial charge >= 0.3 is 0 Å². The standard InChI is InChI=1S/C8H20O6P2.Fe/c1-7(2,9)15(11,12)5-6-16(13,14)8(3,4)10;/h9-10H,5-6H2,1-4H3,(H,11,12)(H,13,14);. The van der Waals surface area contributed by atoms with Crippen molar-refractivity contribution in [3.05, 3.63) is 0 Å². The smallest absolute Gasteiger partial charge is 0.231 e. The van der Waals surface area contributed by atoms with Crippen molar-refractivity contribution < 1.29 is 46.2 Å². The van der Waals surface area contributed by atoms with Crippen molar-refractivity contribution in [2.75, 3.05) is 12.3 Å². The molecule has 0 rings (SSSR count). The van der Waals surface area contributed by atoms with Gasteiger partial charge in [-0.2, -0.15) is 0 Å². The second-order valence-corrected chi connectivity index (χ2v) is 10.7. The van der Waals surface area contributed by atoms with Crippen molar-refractivity contribution in [1.29, 1.82) is 0 Å². The van der Waals surface area contributed by atoms with Crippen LogP contribution in [0.5, 0.6) is 0 Å². The molecule has 0 saturated carbocycles. The third kappa shape index (κ3) is 5.54. The zero-order chi connectivity index (χ0) is 13.4. The third-order valence-electron chi connectivity index (χ3n) is 2.42. The van der Waals surface area contributed by atoms with Crippen molar-refractivity contribution in [2.45, 2.75) is 38.4 Å². The fraction of sp³-hybridized carbons (Fsp3) is 1.00. The van der Waals surface area contributed by atoms with Gasteiger partial charge in [-0.15, -0.1) is 0 Å². The summed E-state index contributed by atoms with van der Waals surface area (Å²) in [5, 5.41) is 15.2. The van der Waals surface area contributed by atoms with Crippen LogP contribution < -0.4 is 0 Å². The Hall–Kier alpha value is 0.819. The molecule has 0 spiro atoms. The molecular formula is C8H20FeO6P2. The molecule has 0 aliphatic carbocycles. The van der Waals surface area contributed by atoms with Gasteiger partial charge in [-0.05, 0) is 27.7 Å². The van der Waals surface area contributed by atoms with Crippen LogP contribution in [0, 0.1) is 0 Å². The number of hydrogen-bond donors (Lipinski definition) is 4. The first-order chi connectivity index (χ1) is 6.71. The molecule has 2 unspecified atom stereocenters. The Balaban J connectivity index is 0. The molecule has 17 heavy (non-hydrogen) atoms. The summed E-state index contributed by atoms with van der Waals surface area (Å²) in [6, 6.07) is 0. The Bertz CT molecular complexity index is 309. The first kappa shape index (κ1) is 20.1. The van der Waals surface area contributed by atoms with Gasteiger partial charge < -0.3 is 20.0 Å². The molecule has 9 heteroatoms. The molecule has 0 aromatic rings. The van der Waals surface area contributed by atoms with Gasteiger partial charge in [0.1, 0.15) is 10.7 Å². The van der Waals surface area contributed by atoms with Gasteiger partial charge in [0.2, 0.25) is 14.7 Å². The second kappa shape index (κ2) is 5.85. The van der Waals surface area contributed by atoms with E-state index in [4.69, 9.17) is 0 Å². The van der Waals surface area contributed by atoms with E-state index in [1.165, 1.54) is 27.7 Å². The summed E-state index contributed by atoms with van der Waals surface area (Å²) >= 11 is 0. The Morgan fingerprint density at radius 1 is 0.824 bits per heavy atom. The van der Waals surface area contributed by atoms with Crippen LogP contribution >= 0.6 is 14.7 Å². The van der Waals surface area contributed by atoms with E-state index in [9.17, 15) is 29.1 Å².